The van der Waals surface area contributed by atoms with Crippen molar-refractivity contribution in [3.8, 4) is 22.5 Å². The van der Waals surface area contributed by atoms with Crippen molar-refractivity contribution in [2.24, 2.45) is 0 Å². The predicted octanol–water partition coefficient (Wildman–Crippen LogP) is 7.70. The molecule has 0 saturated heterocycles. The first-order valence-corrected chi connectivity index (χ1v) is 15.1. The number of ether oxygens (including phenoxy) is 1. The van der Waals surface area contributed by atoms with Crippen LogP contribution in [0.25, 0.3) is 22.5 Å². The van der Waals surface area contributed by atoms with Gasteiger partial charge in [0, 0.05) is 11.1 Å². The minimum absolute atomic E-state index is 0.307. The molecule has 3 aromatic carbocycles. The number of hydrogen-bond acceptors (Lipinski definition) is 5. The molecule has 4 aromatic rings. The molecule has 1 atom stereocenters. The zero-order valence-electron chi connectivity index (χ0n) is 24.0. The highest BCUT2D eigenvalue weighted by molar-refractivity contribution is 7.98. The standard InChI is InChI=1S/C34H37NO5S/c1-22(2)25-10-12-26(13-11-25)32-16-14-27(40-32)21-39-20-24-9-15-29(30(19-24)28-8-6-5-7-23(28)3)33(36)35-31(34(37)38)17-18-41-4/h5-16,19,22,31H,17-18,20-21H2,1-4H3,(H,35,36)(H,37,38)/t31-/m0/s1. The maximum Gasteiger partial charge on any atom is 0.326 e. The number of carbonyl (C=O) groups excluding carboxylic acids is 1. The van der Waals surface area contributed by atoms with Crippen molar-refractivity contribution in [3.05, 3.63) is 107 Å². The molecule has 0 saturated carbocycles. The molecule has 0 spiro atoms. The number of amides is 1. The lowest BCUT2D eigenvalue weighted by Gasteiger charge is -2.17. The summed E-state index contributed by atoms with van der Waals surface area (Å²) < 4.78 is 12.0. The molecule has 0 radical (unpaired) electrons. The summed E-state index contributed by atoms with van der Waals surface area (Å²) in [5, 5.41) is 12.3. The number of carboxylic acids is 1. The van der Waals surface area contributed by atoms with E-state index in [1.807, 2.05) is 61.7 Å². The Labute approximate surface area is 246 Å². The van der Waals surface area contributed by atoms with Gasteiger partial charge >= 0.3 is 5.97 Å². The summed E-state index contributed by atoms with van der Waals surface area (Å²) >= 11 is 1.55. The Hall–Kier alpha value is -3.81. The lowest BCUT2D eigenvalue weighted by Crippen LogP contribution is -2.41. The van der Waals surface area contributed by atoms with Gasteiger partial charge in [0.25, 0.3) is 5.91 Å². The molecule has 6 nitrogen and oxygen atoms in total. The Morgan fingerprint density at radius 1 is 0.951 bits per heavy atom. The minimum Gasteiger partial charge on any atom is -0.480 e. The number of rotatable bonds is 13. The molecule has 1 heterocycles. The van der Waals surface area contributed by atoms with E-state index >= 15 is 0 Å². The molecule has 2 N–H and O–H groups in total. The zero-order chi connectivity index (χ0) is 29.4. The predicted molar refractivity (Wildman–Crippen MR) is 165 cm³/mol. The van der Waals surface area contributed by atoms with Crippen LogP contribution in [-0.4, -0.2) is 35.0 Å². The Morgan fingerprint density at radius 3 is 2.39 bits per heavy atom. The first-order valence-electron chi connectivity index (χ1n) is 13.7. The molecule has 0 aliphatic heterocycles. The summed E-state index contributed by atoms with van der Waals surface area (Å²) in [4.78, 5) is 25.0. The molecule has 0 aliphatic carbocycles. The van der Waals surface area contributed by atoms with Gasteiger partial charge in [-0.05, 0) is 83.4 Å². The average Bonchev–Trinajstić information content (AvgIpc) is 3.44. The second kappa shape index (κ2) is 14.2. The molecule has 41 heavy (non-hydrogen) atoms. The summed E-state index contributed by atoms with van der Waals surface area (Å²) in [6.45, 7) is 6.97. The van der Waals surface area contributed by atoms with Crippen LogP contribution in [0.4, 0.5) is 0 Å². The van der Waals surface area contributed by atoms with Crippen molar-refractivity contribution in [1.29, 1.82) is 0 Å². The number of benzene rings is 3. The summed E-state index contributed by atoms with van der Waals surface area (Å²) in [6, 6.07) is 24.7. The van der Waals surface area contributed by atoms with Gasteiger partial charge in [0.1, 0.15) is 24.2 Å². The molecule has 0 bridgehead atoms. The number of aryl methyl sites for hydroxylation is 1. The maximum atomic E-state index is 13.3. The van der Waals surface area contributed by atoms with E-state index in [0.29, 0.717) is 36.9 Å². The lowest BCUT2D eigenvalue weighted by molar-refractivity contribution is -0.139. The van der Waals surface area contributed by atoms with Crippen LogP contribution < -0.4 is 5.32 Å². The van der Waals surface area contributed by atoms with E-state index in [0.717, 1.165) is 39.3 Å². The van der Waals surface area contributed by atoms with E-state index in [-0.39, 0.29) is 0 Å². The third-order valence-corrected chi connectivity index (χ3v) is 7.66. The number of hydrogen-bond donors (Lipinski definition) is 2. The highest BCUT2D eigenvalue weighted by Gasteiger charge is 2.23. The third kappa shape index (κ3) is 7.90. The molecule has 4 rings (SSSR count). The summed E-state index contributed by atoms with van der Waals surface area (Å²) in [6.07, 6.45) is 2.26. The second-order valence-corrected chi connectivity index (χ2v) is 11.4. The van der Waals surface area contributed by atoms with Gasteiger partial charge in [-0.2, -0.15) is 11.8 Å². The molecular formula is C34H37NO5S. The number of carboxylic acid groups (broad SMARTS) is 1. The van der Waals surface area contributed by atoms with Crippen molar-refractivity contribution in [2.75, 3.05) is 12.0 Å². The zero-order valence-corrected chi connectivity index (χ0v) is 24.8. The molecular weight excluding hydrogens is 534 g/mol. The summed E-state index contributed by atoms with van der Waals surface area (Å²) in [5.41, 5.74) is 6.30. The highest BCUT2D eigenvalue weighted by atomic mass is 32.2. The second-order valence-electron chi connectivity index (χ2n) is 10.4. The monoisotopic (exact) mass is 571 g/mol. The smallest absolute Gasteiger partial charge is 0.326 e. The van der Waals surface area contributed by atoms with Gasteiger partial charge in [-0.3, -0.25) is 4.79 Å². The van der Waals surface area contributed by atoms with Gasteiger partial charge in [0.2, 0.25) is 0 Å². The van der Waals surface area contributed by atoms with E-state index in [9.17, 15) is 14.7 Å². The highest BCUT2D eigenvalue weighted by Crippen LogP contribution is 2.29. The van der Waals surface area contributed by atoms with E-state index in [1.54, 1.807) is 17.8 Å². The SMILES string of the molecule is CSCC[C@H](NC(=O)c1ccc(COCc2ccc(-c3ccc(C(C)C)cc3)o2)cc1-c1ccccc1C)C(=O)O. The van der Waals surface area contributed by atoms with Gasteiger partial charge in [-0.25, -0.2) is 4.79 Å². The van der Waals surface area contributed by atoms with Crippen molar-refractivity contribution in [1.82, 2.24) is 5.32 Å². The number of aliphatic carboxylic acids is 1. The van der Waals surface area contributed by atoms with Gasteiger partial charge in [0.15, 0.2) is 0 Å². The van der Waals surface area contributed by atoms with E-state index in [1.165, 1.54) is 5.56 Å². The van der Waals surface area contributed by atoms with Crippen LogP contribution in [0.3, 0.4) is 0 Å². The maximum absolute atomic E-state index is 13.3. The third-order valence-electron chi connectivity index (χ3n) is 7.01. The molecule has 0 aliphatic rings. The number of thioether (sulfide) groups is 1. The molecule has 0 unspecified atom stereocenters. The minimum atomic E-state index is -1.04. The first-order chi connectivity index (χ1) is 19.8. The van der Waals surface area contributed by atoms with Crippen molar-refractivity contribution < 1.29 is 23.8 Å². The van der Waals surface area contributed by atoms with Crippen LogP contribution in [0.2, 0.25) is 0 Å². The van der Waals surface area contributed by atoms with E-state index < -0.39 is 17.9 Å². The summed E-state index contributed by atoms with van der Waals surface area (Å²) in [7, 11) is 0. The Bertz CT molecular complexity index is 1470. The van der Waals surface area contributed by atoms with Crippen LogP contribution in [0, 0.1) is 6.92 Å². The molecule has 1 amide bonds. The van der Waals surface area contributed by atoms with Crippen LogP contribution in [0.15, 0.2) is 83.3 Å². The molecule has 0 fully saturated rings. The van der Waals surface area contributed by atoms with Crippen LogP contribution >= 0.6 is 11.8 Å². The van der Waals surface area contributed by atoms with E-state index in [4.69, 9.17) is 9.15 Å². The van der Waals surface area contributed by atoms with Gasteiger partial charge in [0.05, 0.1) is 6.61 Å². The first kappa shape index (κ1) is 30.2. The average molecular weight is 572 g/mol. The van der Waals surface area contributed by atoms with Gasteiger partial charge in [-0.1, -0.05) is 68.4 Å². The lowest BCUT2D eigenvalue weighted by atomic mass is 9.93. The normalized spacial score (nSPS) is 11.9. The van der Waals surface area contributed by atoms with Crippen molar-refractivity contribution >= 4 is 23.6 Å². The number of carbonyl (C=O) groups is 2. The molecule has 7 heteroatoms. The van der Waals surface area contributed by atoms with Gasteiger partial charge < -0.3 is 19.6 Å². The fourth-order valence-electron chi connectivity index (χ4n) is 4.62. The van der Waals surface area contributed by atoms with Crippen molar-refractivity contribution in [2.45, 2.75) is 52.4 Å². The fourth-order valence-corrected chi connectivity index (χ4v) is 5.09. The summed E-state index contributed by atoms with van der Waals surface area (Å²) in [5.74, 6) is 1.20. The number of nitrogens with one attached hydrogen (secondary N) is 1. The molecule has 1 aromatic heterocycles. The largest absolute Gasteiger partial charge is 0.480 e. The van der Waals surface area contributed by atoms with Gasteiger partial charge in [-0.15, -0.1) is 0 Å². The molecule has 214 valence electrons. The van der Waals surface area contributed by atoms with Crippen LogP contribution in [-0.2, 0) is 22.7 Å². The number of furan rings is 1. The topological polar surface area (TPSA) is 88.8 Å². The quantitative estimate of drug-likeness (QED) is 0.171. The Balaban J connectivity index is 1.48. The van der Waals surface area contributed by atoms with Crippen LogP contribution in [0.5, 0.6) is 0 Å². The fraction of sp³-hybridized carbons (Fsp3) is 0.294. The van der Waals surface area contributed by atoms with E-state index in [2.05, 4.69) is 43.4 Å². The Morgan fingerprint density at radius 2 is 1.71 bits per heavy atom. The Kier molecular flexibility index (Phi) is 10.4. The van der Waals surface area contributed by atoms with Crippen LogP contribution in [0.1, 0.15) is 59.0 Å². The van der Waals surface area contributed by atoms with Crippen molar-refractivity contribution in [3.63, 3.8) is 0 Å².